The Morgan fingerprint density at radius 3 is 2.79 bits per heavy atom. The second kappa shape index (κ2) is 6.54. The molecule has 0 atom stereocenters. The summed E-state index contributed by atoms with van der Waals surface area (Å²) in [5.41, 5.74) is 0.662. The predicted molar refractivity (Wildman–Crippen MR) is 76.3 cm³/mol. The lowest BCUT2D eigenvalue weighted by atomic mass is 10.2. The summed E-state index contributed by atoms with van der Waals surface area (Å²) in [6.07, 6.45) is 1.72. The van der Waals surface area contributed by atoms with E-state index in [1.165, 1.54) is 6.07 Å². The van der Waals surface area contributed by atoms with Crippen molar-refractivity contribution in [1.29, 1.82) is 0 Å². The maximum Gasteiger partial charge on any atom is 0.250 e. The number of aromatic nitrogens is 1. The third kappa shape index (κ3) is 3.45. The normalized spacial score (nSPS) is 10.4. The van der Waals surface area contributed by atoms with Gasteiger partial charge in [0.1, 0.15) is 12.4 Å². The Balaban J connectivity index is 2.04. The van der Waals surface area contributed by atoms with Crippen molar-refractivity contribution < 1.29 is 9.84 Å². The summed E-state index contributed by atoms with van der Waals surface area (Å²) < 4.78 is 8.02. The van der Waals surface area contributed by atoms with Crippen LogP contribution in [0.2, 0.25) is 0 Å². The standard InChI is InChI=1S/C14H14BrNO3/c15-12-5-3-4-11(10-17)14(12)19-9-8-16-7-2-1-6-13(16)18/h1-7,17H,8-10H2. The zero-order valence-electron chi connectivity index (χ0n) is 10.3. The first-order chi connectivity index (χ1) is 9.22. The molecule has 5 heteroatoms. The molecule has 2 aromatic rings. The summed E-state index contributed by atoms with van der Waals surface area (Å²) in [7, 11) is 0. The van der Waals surface area contributed by atoms with Crippen molar-refractivity contribution in [2.24, 2.45) is 0 Å². The second-order valence-electron chi connectivity index (χ2n) is 3.97. The maximum atomic E-state index is 11.5. The topological polar surface area (TPSA) is 51.5 Å². The predicted octanol–water partition coefficient (Wildman–Crippen LogP) is 2.18. The van der Waals surface area contributed by atoms with Crippen LogP contribution in [0.3, 0.4) is 0 Å². The van der Waals surface area contributed by atoms with E-state index in [0.29, 0.717) is 18.9 Å². The Kier molecular flexibility index (Phi) is 4.76. The molecule has 0 aliphatic carbocycles. The van der Waals surface area contributed by atoms with Crippen LogP contribution < -0.4 is 10.3 Å². The van der Waals surface area contributed by atoms with E-state index >= 15 is 0 Å². The number of ether oxygens (including phenoxy) is 1. The number of hydrogen-bond donors (Lipinski definition) is 1. The number of para-hydroxylation sites is 1. The summed E-state index contributed by atoms with van der Waals surface area (Å²) >= 11 is 3.38. The molecule has 1 N–H and O–H groups in total. The molecule has 1 aromatic heterocycles. The SMILES string of the molecule is O=c1ccccn1CCOc1c(Br)cccc1CO. The Bertz CT molecular complexity index is 610. The molecular weight excluding hydrogens is 310 g/mol. The Hall–Kier alpha value is -1.59. The van der Waals surface area contributed by atoms with Gasteiger partial charge in [-0.05, 0) is 28.1 Å². The van der Waals surface area contributed by atoms with E-state index < -0.39 is 0 Å². The number of benzene rings is 1. The van der Waals surface area contributed by atoms with Gasteiger partial charge in [-0.1, -0.05) is 18.2 Å². The second-order valence-corrected chi connectivity index (χ2v) is 4.82. The fourth-order valence-corrected chi connectivity index (χ4v) is 2.25. The van der Waals surface area contributed by atoms with Crippen LogP contribution in [-0.4, -0.2) is 16.3 Å². The molecule has 0 fully saturated rings. The van der Waals surface area contributed by atoms with Crippen LogP contribution >= 0.6 is 15.9 Å². The van der Waals surface area contributed by atoms with Crippen LogP contribution in [0.5, 0.6) is 5.75 Å². The van der Waals surface area contributed by atoms with E-state index in [-0.39, 0.29) is 12.2 Å². The highest BCUT2D eigenvalue weighted by atomic mass is 79.9. The third-order valence-corrected chi connectivity index (χ3v) is 3.32. The molecule has 0 radical (unpaired) electrons. The molecule has 0 unspecified atom stereocenters. The fraction of sp³-hybridized carbons (Fsp3) is 0.214. The molecule has 0 saturated heterocycles. The number of nitrogens with zero attached hydrogens (tertiary/aromatic N) is 1. The lowest BCUT2D eigenvalue weighted by molar-refractivity contribution is 0.256. The average molecular weight is 324 g/mol. The van der Waals surface area contributed by atoms with E-state index in [9.17, 15) is 9.90 Å². The van der Waals surface area contributed by atoms with Gasteiger partial charge in [-0.3, -0.25) is 4.79 Å². The molecule has 0 aliphatic rings. The molecular formula is C14H14BrNO3. The molecule has 4 nitrogen and oxygen atoms in total. The molecule has 0 amide bonds. The number of pyridine rings is 1. The van der Waals surface area contributed by atoms with E-state index in [1.807, 2.05) is 12.1 Å². The van der Waals surface area contributed by atoms with Gasteiger partial charge in [0.2, 0.25) is 0 Å². The van der Waals surface area contributed by atoms with Gasteiger partial charge in [0.05, 0.1) is 17.6 Å². The first-order valence-electron chi connectivity index (χ1n) is 5.89. The van der Waals surface area contributed by atoms with Gasteiger partial charge in [-0.15, -0.1) is 0 Å². The average Bonchev–Trinajstić information content (AvgIpc) is 2.42. The summed E-state index contributed by atoms with van der Waals surface area (Å²) in [5, 5.41) is 9.25. The number of halogens is 1. The van der Waals surface area contributed by atoms with Gasteiger partial charge in [-0.25, -0.2) is 0 Å². The minimum atomic E-state index is -0.0833. The highest BCUT2D eigenvalue weighted by molar-refractivity contribution is 9.10. The van der Waals surface area contributed by atoms with Gasteiger partial charge in [0, 0.05) is 17.8 Å². The van der Waals surface area contributed by atoms with Gasteiger partial charge >= 0.3 is 0 Å². The maximum absolute atomic E-state index is 11.5. The van der Waals surface area contributed by atoms with Crippen LogP contribution in [0, 0.1) is 0 Å². The van der Waals surface area contributed by atoms with Crippen molar-refractivity contribution in [2.75, 3.05) is 6.61 Å². The number of hydrogen-bond acceptors (Lipinski definition) is 3. The van der Waals surface area contributed by atoms with E-state index in [4.69, 9.17) is 4.74 Å². The minimum Gasteiger partial charge on any atom is -0.490 e. The van der Waals surface area contributed by atoms with Crippen LogP contribution in [-0.2, 0) is 13.2 Å². The zero-order valence-corrected chi connectivity index (χ0v) is 11.8. The highest BCUT2D eigenvalue weighted by Gasteiger charge is 2.07. The van der Waals surface area contributed by atoms with Crippen LogP contribution in [0.25, 0.3) is 0 Å². The quantitative estimate of drug-likeness (QED) is 0.917. The zero-order chi connectivity index (χ0) is 13.7. The van der Waals surface area contributed by atoms with Crippen LogP contribution in [0.4, 0.5) is 0 Å². The van der Waals surface area contributed by atoms with Crippen LogP contribution in [0.1, 0.15) is 5.56 Å². The number of aliphatic hydroxyl groups excluding tert-OH is 1. The van der Waals surface area contributed by atoms with E-state index in [2.05, 4.69) is 15.9 Å². The first-order valence-corrected chi connectivity index (χ1v) is 6.68. The summed E-state index contributed by atoms with van der Waals surface area (Å²) in [5.74, 6) is 0.619. The number of aliphatic hydroxyl groups is 1. The summed E-state index contributed by atoms with van der Waals surface area (Å²) in [6.45, 7) is 0.742. The summed E-state index contributed by atoms with van der Waals surface area (Å²) in [6, 6.07) is 10.5. The molecule has 0 spiro atoms. The highest BCUT2D eigenvalue weighted by Crippen LogP contribution is 2.28. The molecule has 0 aliphatic heterocycles. The smallest absolute Gasteiger partial charge is 0.250 e. The van der Waals surface area contributed by atoms with Crippen molar-refractivity contribution in [3.8, 4) is 5.75 Å². The molecule has 0 bridgehead atoms. The lowest BCUT2D eigenvalue weighted by Crippen LogP contribution is -2.21. The van der Waals surface area contributed by atoms with Gasteiger partial charge in [-0.2, -0.15) is 0 Å². The van der Waals surface area contributed by atoms with E-state index in [1.54, 1.807) is 29.0 Å². The molecule has 19 heavy (non-hydrogen) atoms. The Morgan fingerprint density at radius 2 is 2.05 bits per heavy atom. The largest absolute Gasteiger partial charge is 0.490 e. The third-order valence-electron chi connectivity index (χ3n) is 2.70. The molecule has 2 rings (SSSR count). The van der Waals surface area contributed by atoms with Crippen molar-refractivity contribution in [3.63, 3.8) is 0 Å². The van der Waals surface area contributed by atoms with Gasteiger partial charge in [0.25, 0.3) is 5.56 Å². The lowest BCUT2D eigenvalue weighted by Gasteiger charge is -2.12. The van der Waals surface area contributed by atoms with Crippen molar-refractivity contribution in [2.45, 2.75) is 13.2 Å². The Labute approximate surface area is 119 Å². The first kappa shape index (κ1) is 13.8. The van der Waals surface area contributed by atoms with Crippen molar-refractivity contribution in [1.82, 2.24) is 4.57 Å². The molecule has 100 valence electrons. The van der Waals surface area contributed by atoms with E-state index in [0.717, 1.165) is 10.0 Å². The van der Waals surface area contributed by atoms with Crippen LogP contribution in [0.15, 0.2) is 51.9 Å². The monoisotopic (exact) mass is 323 g/mol. The number of rotatable bonds is 5. The van der Waals surface area contributed by atoms with Gasteiger partial charge < -0.3 is 14.4 Å². The molecule has 0 saturated carbocycles. The molecule has 1 aromatic carbocycles. The fourth-order valence-electron chi connectivity index (χ4n) is 1.73. The van der Waals surface area contributed by atoms with Crippen molar-refractivity contribution in [3.05, 3.63) is 63.0 Å². The summed E-state index contributed by atoms with van der Waals surface area (Å²) in [4.78, 5) is 11.5. The minimum absolute atomic E-state index is 0.0550. The van der Waals surface area contributed by atoms with Gasteiger partial charge in [0.15, 0.2) is 0 Å². The van der Waals surface area contributed by atoms with Crippen molar-refractivity contribution >= 4 is 15.9 Å². The Morgan fingerprint density at radius 1 is 1.21 bits per heavy atom. The molecule has 1 heterocycles.